The average Bonchev–Trinajstić information content (AvgIpc) is 2.37. The lowest BCUT2D eigenvalue weighted by molar-refractivity contribution is -0.137. The molecule has 0 aromatic heterocycles. The molecule has 0 unspecified atom stereocenters. The van der Waals surface area contributed by atoms with Crippen molar-refractivity contribution in [2.24, 2.45) is 5.92 Å². The summed E-state index contributed by atoms with van der Waals surface area (Å²) in [5, 5.41) is 2.86. The molecule has 1 aliphatic heterocycles. The van der Waals surface area contributed by atoms with Gasteiger partial charge in [-0.3, -0.25) is 9.59 Å². The van der Waals surface area contributed by atoms with Crippen LogP contribution in [0.1, 0.15) is 52.9 Å². The molecule has 18 heavy (non-hydrogen) atoms. The molecule has 104 valence electrons. The summed E-state index contributed by atoms with van der Waals surface area (Å²) in [6.45, 7) is 7.65. The largest absolute Gasteiger partial charge is 0.344 e. The van der Waals surface area contributed by atoms with Crippen LogP contribution < -0.4 is 5.32 Å². The van der Waals surface area contributed by atoms with Crippen molar-refractivity contribution >= 4 is 11.8 Å². The predicted octanol–water partition coefficient (Wildman–Crippen LogP) is 1.94. The molecular weight excluding hydrogens is 228 g/mol. The standard InChI is InChI=1S/C14H26N2O2/c1-4-13(17)15-12(10-11(2)3)14(18)16-8-6-5-7-9-16/h11-12H,4-10H2,1-3H3,(H,15,17)/t12-/m1/s1. The Morgan fingerprint density at radius 2 is 1.78 bits per heavy atom. The fraction of sp³-hybridized carbons (Fsp3) is 0.857. The Kier molecular flexibility index (Phi) is 6.16. The zero-order valence-corrected chi connectivity index (χ0v) is 11.9. The molecule has 2 amide bonds. The van der Waals surface area contributed by atoms with Crippen molar-refractivity contribution in [1.82, 2.24) is 10.2 Å². The van der Waals surface area contributed by atoms with Crippen LogP contribution in [-0.2, 0) is 9.59 Å². The van der Waals surface area contributed by atoms with Crippen LogP contribution in [0.5, 0.6) is 0 Å². The summed E-state index contributed by atoms with van der Waals surface area (Å²) in [6, 6.07) is -0.337. The van der Waals surface area contributed by atoms with E-state index in [0.29, 0.717) is 12.3 Å². The fourth-order valence-electron chi connectivity index (χ4n) is 2.32. The van der Waals surface area contributed by atoms with Crippen LogP contribution in [0.15, 0.2) is 0 Å². The molecule has 0 radical (unpaired) electrons. The highest BCUT2D eigenvalue weighted by atomic mass is 16.2. The van der Waals surface area contributed by atoms with E-state index in [-0.39, 0.29) is 17.9 Å². The van der Waals surface area contributed by atoms with Crippen LogP contribution >= 0.6 is 0 Å². The van der Waals surface area contributed by atoms with Crippen molar-refractivity contribution in [1.29, 1.82) is 0 Å². The second-order valence-electron chi connectivity index (χ2n) is 5.49. The molecule has 0 aromatic carbocycles. The minimum atomic E-state index is -0.337. The first-order valence-corrected chi connectivity index (χ1v) is 7.12. The first-order valence-electron chi connectivity index (χ1n) is 7.12. The molecule has 0 spiro atoms. The molecule has 0 bridgehead atoms. The Labute approximate surface area is 110 Å². The number of carbonyl (C=O) groups is 2. The van der Waals surface area contributed by atoms with Gasteiger partial charge in [0.05, 0.1) is 0 Å². The maximum Gasteiger partial charge on any atom is 0.245 e. The number of nitrogens with zero attached hydrogens (tertiary/aromatic N) is 1. The number of rotatable bonds is 5. The van der Waals surface area contributed by atoms with Crippen molar-refractivity contribution in [2.45, 2.75) is 58.9 Å². The van der Waals surface area contributed by atoms with Crippen molar-refractivity contribution in [3.8, 4) is 0 Å². The van der Waals surface area contributed by atoms with Crippen LogP contribution in [0.25, 0.3) is 0 Å². The van der Waals surface area contributed by atoms with E-state index < -0.39 is 0 Å². The summed E-state index contributed by atoms with van der Waals surface area (Å²) in [5.74, 6) is 0.470. The quantitative estimate of drug-likeness (QED) is 0.815. The number of hydrogen-bond donors (Lipinski definition) is 1. The minimum Gasteiger partial charge on any atom is -0.344 e. The summed E-state index contributed by atoms with van der Waals surface area (Å²) >= 11 is 0. The van der Waals surface area contributed by atoms with Gasteiger partial charge < -0.3 is 10.2 Å². The molecule has 1 fully saturated rings. The van der Waals surface area contributed by atoms with Gasteiger partial charge in [0.2, 0.25) is 11.8 Å². The maximum atomic E-state index is 12.4. The zero-order chi connectivity index (χ0) is 13.5. The Hall–Kier alpha value is -1.06. The normalized spacial score (nSPS) is 17.7. The van der Waals surface area contributed by atoms with Gasteiger partial charge in [-0.25, -0.2) is 0 Å². The third-order valence-corrected chi connectivity index (χ3v) is 3.33. The van der Waals surface area contributed by atoms with E-state index in [1.54, 1.807) is 0 Å². The first kappa shape index (κ1) is 15.0. The predicted molar refractivity (Wildman–Crippen MR) is 72.1 cm³/mol. The summed E-state index contributed by atoms with van der Waals surface area (Å²) in [7, 11) is 0. The van der Waals surface area contributed by atoms with Gasteiger partial charge in [-0.15, -0.1) is 0 Å². The van der Waals surface area contributed by atoms with Crippen molar-refractivity contribution in [3.63, 3.8) is 0 Å². The number of likely N-dealkylation sites (tertiary alicyclic amines) is 1. The number of carbonyl (C=O) groups excluding carboxylic acids is 2. The molecule has 1 rings (SSSR count). The third-order valence-electron chi connectivity index (χ3n) is 3.33. The monoisotopic (exact) mass is 254 g/mol. The van der Waals surface area contributed by atoms with Gasteiger partial charge >= 0.3 is 0 Å². The molecule has 1 N–H and O–H groups in total. The van der Waals surface area contributed by atoms with Crippen molar-refractivity contribution < 1.29 is 9.59 Å². The van der Waals surface area contributed by atoms with E-state index in [2.05, 4.69) is 19.2 Å². The highest BCUT2D eigenvalue weighted by Crippen LogP contribution is 2.13. The third kappa shape index (κ3) is 4.67. The Morgan fingerprint density at radius 1 is 1.17 bits per heavy atom. The summed E-state index contributed by atoms with van der Waals surface area (Å²) < 4.78 is 0. The van der Waals surface area contributed by atoms with Crippen molar-refractivity contribution in [3.05, 3.63) is 0 Å². The summed E-state index contributed by atoms with van der Waals surface area (Å²) in [5.41, 5.74) is 0. The van der Waals surface area contributed by atoms with Gasteiger partial charge in [-0.2, -0.15) is 0 Å². The minimum absolute atomic E-state index is 0.0361. The Balaban J connectivity index is 2.61. The Morgan fingerprint density at radius 3 is 2.28 bits per heavy atom. The molecule has 0 aromatic rings. The molecule has 0 saturated carbocycles. The van der Waals surface area contributed by atoms with E-state index in [4.69, 9.17) is 0 Å². The molecule has 1 atom stereocenters. The van der Waals surface area contributed by atoms with Crippen LogP contribution in [0.3, 0.4) is 0 Å². The van der Waals surface area contributed by atoms with Gasteiger partial charge in [-0.05, 0) is 31.6 Å². The SMILES string of the molecule is CCC(=O)N[C@H](CC(C)C)C(=O)N1CCCCC1. The van der Waals surface area contributed by atoms with Crippen LogP contribution in [-0.4, -0.2) is 35.8 Å². The fourth-order valence-corrected chi connectivity index (χ4v) is 2.32. The van der Waals surface area contributed by atoms with Gasteiger partial charge in [0, 0.05) is 19.5 Å². The van der Waals surface area contributed by atoms with Crippen LogP contribution in [0.2, 0.25) is 0 Å². The summed E-state index contributed by atoms with van der Waals surface area (Å²) in [6.07, 6.45) is 4.53. The van der Waals surface area contributed by atoms with Gasteiger partial charge in [0.25, 0.3) is 0 Å². The van der Waals surface area contributed by atoms with Crippen molar-refractivity contribution in [2.75, 3.05) is 13.1 Å². The van der Waals surface area contributed by atoms with E-state index in [0.717, 1.165) is 32.4 Å². The van der Waals surface area contributed by atoms with Gasteiger partial charge in [0.1, 0.15) is 6.04 Å². The lowest BCUT2D eigenvalue weighted by atomic mass is 10.0. The smallest absolute Gasteiger partial charge is 0.245 e. The van der Waals surface area contributed by atoms with Crippen LogP contribution in [0.4, 0.5) is 0 Å². The molecule has 0 aliphatic carbocycles. The molecule has 1 heterocycles. The number of amides is 2. The molecule has 1 saturated heterocycles. The highest BCUT2D eigenvalue weighted by Gasteiger charge is 2.27. The number of piperidine rings is 1. The maximum absolute atomic E-state index is 12.4. The molecule has 4 heteroatoms. The summed E-state index contributed by atoms with van der Waals surface area (Å²) in [4.78, 5) is 25.8. The highest BCUT2D eigenvalue weighted by molar-refractivity contribution is 5.87. The van der Waals surface area contributed by atoms with E-state index in [9.17, 15) is 9.59 Å². The number of nitrogens with one attached hydrogen (secondary N) is 1. The van der Waals surface area contributed by atoms with Crippen LogP contribution in [0, 0.1) is 5.92 Å². The second kappa shape index (κ2) is 7.39. The van der Waals surface area contributed by atoms with Gasteiger partial charge in [-0.1, -0.05) is 20.8 Å². The lowest BCUT2D eigenvalue weighted by Crippen LogP contribution is -2.50. The van der Waals surface area contributed by atoms with Gasteiger partial charge in [0.15, 0.2) is 0 Å². The Bertz CT molecular complexity index is 284. The second-order valence-corrected chi connectivity index (χ2v) is 5.49. The molecule has 1 aliphatic rings. The van der Waals surface area contributed by atoms with E-state index >= 15 is 0 Å². The lowest BCUT2D eigenvalue weighted by Gasteiger charge is -2.31. The van der Waals surface area contributed by atoms with E-state index in [1.165, 1.54) is 6.42 Å². The van der Waals surface area contributed by atoms with E-state index in [1.807, 2.05) is 11.8 Å². The first-order chi connectivity index (χ1) is 8.54. The average molecular weight is 254 g/mol. The topological polar surface area (TPSA) is 49.4 Å². The molecule has 4 nitrogen and oxygen atoms in total. The zero-order valence-electron chi connectivity index (χ0n) is 11.9. The molecular formula is C14H26N2O2. The number of hydrogen-bond acceptors (Lipinski definition) is 2.